The Hall–Kier alpha value is -1.64. The van der Waals surface area contributed by atoms with Crippen molar-refractivity contribution in [3.05, 3.63) is 39.5 Å². The second kappa shape index (κ2) is 5.63. The summed E-state index contributed by atoms with van der Waals surface area (Å²) in [4.78, 5) is 14.4. The Balaban J connectivity index is 2.49. The molecule has 2 aromatic rings. The fourth-order valence-corrected chi connectivity index (χ4v) is 3.66. The lowest BCUT2D eigenvalue weighted by Crippen LogP contribution is -2.09. The largest absolute Gasteiger partial charge is 0.478 e. The first kappa shape index (κ1) is 15.7. The summed E-state index contributed by atoms with van der Waals surface area (Å²) >= 11 is 11.6. The first-order chi connectivity index (χ1) is 9.70. The molecule has 1 N–H and O–H groups in total. The van der Waals surface area contributed by atoms with Crippen LogP contribution in [0.3, 0.4) is 0 Å². The van der Waals surface area contributed by atoms with Crippen molar-refractivity contribution in [1.82, 2.24) is 10.1 Å². The number of aromatic carboxylic acids is 1. The first-order valence-corrected chi connectivity index (χ1v) is 7.86. The molecule has 0 atom stereocenters. The maximum absolute atomic E-state index is 12.3. The van der Waals surface area contributed by atoms with Crippen molar-refractivity contribution >= 4 is 39.0 Å². The lowest BCUT2D eigenvalue weighted by atomic mass is 10.2. The van der Waals surface area contributed by atoms with Crippen LogP contribution in [0.5, 0.6) is 0 Å². The highest BCUT2D eigenvalue weighted by molar-refractivity contribution is 7.90. The van der Waals surface area contributed by atoms with Crippen LogP contribution in [0.2, 0.25) is 10.0 Å². The van der Waals surface area contributed by atoms with Crippen molar-refractivity contribution in [3.63, 3.8) is 0 Å². The second-order valence-corrected chi connectivity index (χ2v) is 6.83. The van der Waals surface area contributed by atoms with Gasteiger partial charge in [0.25, 0.3) is 0 Å². The highest BCUT2D eigenvalue weighted by Gasteiger charge is 2.24. The summed E-state index contributed by atoms with van der Waals surface area (Å²) in [6.07, 6.45) is 0. The van der Waals surface area contributed by atoms with Crippen LogP contribution in [0.15, 0.2) is 21.6 Å². The first-order valence-electron chi connectivity index (χ1n) is 5.45. The van der Waals surface area contributed by atoms with Gasteiger partial charge in [0, 0.05) is 6.92 Å². The van der Waals surface area contributed by atoms with Crippen molar-refractivity contribution in [2.75, 3.05) is 0 Å². The van der Waals surface area contributed by atoms with Crippen LogP contribution >= 0.6 is 23.2 Å². The van der Waals surface area contributed by atoms with Crippen LogP contribution in [0.4, 0.5) is 0 Å². The molecule has 21 heavy (non-hydrogen) atoms. The SMILES string of the molecule is Cc1nc(CS(=O)(=O)c2cc(C(=O)O)c(Cl)cc2Cl)no1. The number of aryl methyl sites for hydroxylation is 1. The molecule has 0 bridgehead atoms. The normalized spacial score (nSPS) is 11.6. The molecular weight excluding hydrogens is 343 g/mol. The quantitative estimate of drug-likeness (QED) is 0.900. The topological polar surface area (TPSA) is 110 Å². The van der Waals surface area contributed by atoms with Crippen LogP contribution in [-0.2, 0) is 15.6 Å². The van der Waals surface area contributed by atoms with Gasteiger partial charge >= 0.3 is 5.97 Å². The van der Waals surface area contributed by atoms with Gasteiger partial charge in [0.1, 0.15) is 5.75 Å². The average Bonchev–Trinajstić information content (AvgIpc) is 2.72. The third kappa shape index (κ3) is 3.34. The minimum Gasteiger partial charge on any atom is -0.478 e. The average molecular weight is 351 g/mol. The molecule has 0 spiro atoms. The van der Waals surface area contributed by atoms with E-state index in [4.69, 9.17) is 28.3 Å². The standard InChI is InChI=1S/C11H8Cl2N2O5S/c1-5-14-10(15-20-5)4-21(18,19)9-2-6(11(16)17)7(12)3-8(9)13/h2-3H,4H2,1H3,(H,16,17). The smallest absolute Gasteiger partial charge is 0.337 e. The molecule has 1 heterocycles. The van der Waals surface area contributed by atoms with E-state index in [1.165, 1.54) is 6.92 Å². The van der Waals surface area contributed by atoms with Crippen molar-refractivity contribution < 1.29 is 22.8 Å². The van der Waals surface area contributed by atoms with E-state index in [9.17, 15) is 13.2 Å². The summed E-state index contributed by atoms with van der Waals surface area (Å²) in [5.41, 5.74) is -0.357. The zero-order chi connectivity index (χ0) is 15.8. The van der Waals surface area contributed by atoms with Gasteiger partial charge in [0.2, 0.25) is 5.89 Å². The molecule has 0 fully saturated rings. The molecule has 1 aromatic heterocycles. The molecule has 10 heteroatoms. The van der Waals surface area contributed by atoms with Gasteiger partial charge in [-0.3, -0.25) is 0 Å². The molecular formula is C11H8Cl2N2O5S. The van der Waals surface area contributed by atoms with Crippen molar-refractivity contribution in [1.29, 1.82) is 0 Å². The Morgan fingerprint density at radius 2 is 2.00 bits per heavy atom. The van der Waals surface area contributed by atoms with Crippen molar-refractivity contribution in [2.45, 2.75) is 17.6 Å². The van der Waals surface area contributed by atoms with E-state index in [1.54, 1.807) is 0 Å². The fourth-order valence-electron chi connectivity index (χ4n) is 1.58. The minimum atomic E-state index is -3.94. The predicted molar refractivity (Wildman–Crippen MR) is 73.3 cm³/mol. The molecule has 0 aliphatic carbocycles. The number of hydrogen-bond acceptors (Lipinski definition) is 6. The van der Waals surface area contributed by atoms with Crippen LogP contribution < -0.4 is 0 Å². The number of rotatable bonds is 4. The van der Waals surface area contributed by atoms with Crippen LogP contribution in [0.25, 0.3) is 0 Å². The molecule has 0 saturated heterocycles. The summed E-state index contributed by atoms with van der Waals surface area (Å²) in [6.45, 7) is 1.51. The summed E-state index contributed by atoms with van der Waals surface area (Å²) in [5.74, 6) is -1.75. The Morgan fingerprint density at radius 3 is 2.52 bits per heavy atom. The molecule has 0 aliphatic rings. The Kier molecular flexibility index (Phi) is 4.22. The fraction of sp³-hybridized carbons (Fsp3) is 0.182. The Morgan fingerprint density at radius 1 is 1.33 bits per heavy atom. The van der Waals surface area contributed by atoms with Gasteiger partial charge < -0.3 is 9.63 Å². The molecule has 7 nitrogen and oxygen atoms in total. The van der Waals surface area contributed by atoms with Gasteiger partial charge in [-0.15, -0.1) is 0 Å². The van der Waals surface area contributed by atoms with Crippen molar-refractivity contribution in [3.8, 4) is 0 Å². The van der Waals surface area contributed by atoms with E-state index in [1.807, 2.05) is 0 Å². The molecule has 0 amide bonds. The molecule has 0 aliphatic heterocycles. The maximum atomic E-state index is 12.3. The number of benzene rings is 1. The van der Waals surface area contributed by atoms with Gasteiger partial charge in [0.05, 0.1) is 20.5 Å². The molecule has 2 rings (SSSR count). The van der Waals surface area contributed by atoms with E-state index in [-0.39, 0.29) is 32.2 Å². The number of aromatic nitrogens is 2. The molecule has 0 unspecified atom stereocenters. The van der Waals surface area contributed by atoms with Crippen LogP contribution in [-0.4, -0.2) is 29.6 Å². The van der Waals surface area contributed by atoms with Gasteiger partial charge in [-0.25, -0.2) is 13.2 Å². The third-order valence-corrected chi connectivity index (χ3v) is 4.86. The van der Waals surface area contributed by atoms with Gasteiger partial charge in [0.15, 0.2) is 15.7 Å². The third-order valence-electron chi connectivity index (χ3n) is 2.48. The number of nitrogens with zero attached hydrogens (tertiary/aromatic N) is 2. The van der Waals surface area contributed by atoms with Crippen molar-refractivity contribution in [2.24, 2.45) is 0 Å². The van der Waals surface area contributed by atoms with Gasteiger partial charge in [-0.2, -0.15) is 4.98 Å². The number of halogens is 2. The van der Waals surface area contributed by atoms with E-state index in [0.717, 1.165) is 12.1 Å². The van der Waals surface area contributed by atoms with Crippen LogP contribution in [0.1, 0.15) is 22.1 Å². The second-order valence-electron chi connectivity index (χ2n) is 4.06. The number of carboxylic acids is 1. The monoisotopic (exact) mass is 350 g/mol. The zero-order valence-corrected chi connectivity index (χ0v) is 12.8. The summed E-state index contributed by atoms with van der Waals surface area (Å²) < 4.78 is 29.2. The lowest BCUT2D eigenvalue weighted by molar-refractivity contribution is 0.0697. The highest BCUT2D eigenvalue weighted by atomic mass is 35.5. The zero-order valence-electron chi connectivity index (χ0n) is 10.5. The Labute approximate surface area is 129 Å². The highest BCUT2D eigenvalue weighted by Crippen LogP contribution is 2.30. The molecule has 0 radical (unpaired) electrons. The number of sulfone groups is 1. The van der Waals surface area contributed by atoms with E-state index >= 15 is 0 Å². The molecule has 112 valence electrons. The Bertz CT molecular complexity index is 816. The molecule has 1 aromatic carbocycles. The summed E-state index contributed by atoms with van der Waals surface area (Å²) in [7, 11) is -3.94. The van der Waals surface area contributed by atoms with E-state index < -0.39 is 21.6 Å². The van der Waals surface area contributed by atoms with E-state index in [0.29, 0.717) is 0 Å². The number of hydrogen-bond donors (Lipinski definition) is 1. The van der Waals surface area contributed by atoms with E-state index in [2.05, 4.69) is 14.7 Å². The molecule has 0 saturated carbocycles. The summed E-state index contributed by atoms with van der Waals surface area (Å²) in [5, 5.41) is 12.1. The minimum absolute atomic E-state index is 0.0459. The maximum Gasteiger partial charge on any atom is 0.337 e. The number of carboxylic acid groups (broad SMARTS) is 1. The number of carbonyl (C=O) groups is 1. The van der Waals surface area contributed by atoms with Crippen LogP contribution in [0, 0.1) is 6.92 Å². The lowest BCUT2D eigenvalue weighted by Gasteiger charge is -2.07. The van der Waals surface area contributed by atoms with Gasteiger partial charge in [-0.1, -0.05) is 28.4 Å². The van der Waals surface area contributed by atoms with Gasteiger partial charge in [-0.05, 0) is 12.1 Å². The predicted octanol–water partition coefficient (Wildman–Crippen LogP) is 2.36. The summed E-state index contributed by atoms with van der Waals surface area (Å²) in [6, 6.07) is 1.98.